The highest BCUT2D eigenvalue weighted by Crippen LogP contribution is 2.47. The van der Waals surface area contributed by atoms with E-state index in [9.17, 15) is 5.11 Å². The van der Waals surface area contributed by atoms with Gasteiger partial charge < -0.3 is 9.84 Å². The van der Waals surface area contributed by atoms with Gasteiger partial charge in [-0.1, -0.05) is 55.0 Å². The quantitative estimate of drug-likeness (QED) is 0.514. The second kappa shape index (κ2) is 9.79. The second-order valence-corrected chi connectivity index (χ2v) is 9.24. The van der Waals surface area contributed by atoms with Crippen LogP contribution in [0.1, 0.15) is 59.8 Å². The summed E-state index contributed by atoms with van der Waals surface area (Å²) in [7, 11) is 0. The van der Waals surface area contributed by atoms with Crippen LogP contribution in [0.5, 0.6) is 11.5 Å². The highest BCUT2D eigenvalue weighted by Gasteiger charge is 2.32. The van der Waals surface area contributed by atoms with Gasteiger partial charge in [0.05, 0.1) is 0 Å². The number of ether oxygens (including phenoxy) is 1. The molecule has 0 aromatic heterocycles. The molecule has 166 valence electrons. The molecule has 3 heteroatoms. The number of rotatable bonds is 6. The lowest BCUT2D eigenvalue weighted by atomic mass is 9.69. The van der Waals surface area contributed by atoms with E-state index in [2.05, 4.69) is 65.6 Å². The molecule has 0 spiro atoms. The zero-order valence-corrected chi connectivity index (χ0v) is 18.7. The largest absolute Gasteiger partial charge is 0.508 e. The Morgan fingerprint density at radius 1 is 0.844 bits per heavy atom. The lowest BCUT2D eigenvalue weighted by Crippen LogP contribution is -2.33. The summed E-state index contributed by atoms with van der Waals surface area (Å²) in [5.41, 5.74) is 5.30. The number of aromatic hydroxyl groups is 1. The lowest BCUT2D eigenvalue weighted by Gasteiger charge is -2.35. The molecule has 0 amide bonds. The first kappa shape index (κ1) is 21.1. The summed E-state index contributed by atoms with van der Waals surface area (Å²) in [6, 6.07) is 25.5. The molecule has 0 unspecified atom stereocenters. The first-order chi connectivity index (χ1) is 15.8. The average molecular weight is 428 g/mol. The van der Waals surface area contributed by atoms with Gasteiger partial charge in [-0.2, -0.15) is 0 Å². The summed E-state index contributed by atoms with van der Waals surface area (Å²) < 4.78 is 6.07. The monoisotopic (exact) mass is 427 g/mol. The topological polar surface area (TPSA) is 32.7 Å². The van der Waals surface area contributed by atoms with Crippen molar-refractivity contribution >= 4 is 0 Å². The minimum Gasteiger partial charge on any atom is -0.508 e. The van der Waals surface area contributed by atoms with Crippen molar-refractivity contribution in [2.24, 2.45) is 0 Å². The standard InChI is InChI=1S/C29H33NO2/c31-25-12-16-28-24(21-25)11-15-27(22-7-3-1-4-8-22)29(28)23-9-13-26(14-10-23)32-20-19-30-17-5-2-6-18-30/h1,3-4,7-10,12-14,16,21,27,29,31H,2,5-6,11,15,17-20H2/t27-,29+/m1/s1. The third-order valence-corrected chi connectivity index (χ3v) is 7.18. The predicted octanol–water partition coefficient (Wildman–Crippen LogP) is 6.12. The van der Waals surface area contributed by atoms with Crippen molar-refractivity contribution in [1.29, 1.82) is 0 Å². The zero-order valence-electron chi connectivity index (χ0n) is 18.7. The van der Waals surface area contributed by atoms with Crippen molar-refractivity contribution < 1.29 is 9.84 Å². The molecule has 1 N–H and O–H groups in total. The number of phenols is 1. The van der Waals surface area contributed by atoms with E-state index in [1.54, 1.807) is 0 Å². The first-order valence-electron chi connectivity index (χ1n) is 12.1. The van der Waals surface area contributed by atoms with Gasteiger partial charge >= 0.3 is 0 Å². The minimum absolute atomic E-state index is 0.282. The van der Waals surface area contributed by atoms with Gasteiger partial charge in [0, 0.05) is 12.5 Å². The van der Waals surface area contributed by atoms with Crippen molar-refractivity contribution in [3.63, 3.8) is 0 Å². The number of likely N-dealkylation sites (tertiary alicyclic amines) is 1. The van der Waals surface area contributed by atoms with Crippen LogP contribution in [-0.2, 0) is 6.42 Å². The van der Waals surface area contributed by atoms with Gasteiger partial charge in [0.15, 0.2) is 0 Å². The van der Waals surface area contributed by atoms with Gasteiger partial charge in [0.25, 0.3) is 0 Å². The maximum atomic E-state index is 10.0. The predicted molar refractivity (Wildman–Crippen MR) is 130 cm³/mol. The zero-order chi connectivity index (χ0) is 21.8. The maximum Gasteiger partial charge on any atom is 0.119 e. The van der Waals surface area contributed by atoms with Gasteiger partial charge in [-0.3, -0.25) is 4.90 Å². The number of phenolic OH excluding ortho intramolecular Hbond substituents is 1. The normalized spacial score (nSPS) is 21.1. The van der Waals surface area contributed by atoms with E-state index in [0.717, 1.165) is 31.7 Å². The van der Waals surface area contributed by atoms with Crippen LogP contribution in [0, 0.1) is 0 Å². The van der Waals surface area contributed by atoms with Crippen LogP contribution in [0.25, 0.3) is 0 Å². The van der Waals surface area contributed by atoms with Crippen LogP contribution < -0.4 is 4.74 Å². The molecule has 3 aromatic carbocycles. The highest BCUT2D eigenvalue weighted by atomic mass is 16.5. The highest BCUT2D eigenvalue weighted by molar-refractivity contribution is 5.48. The molecule has 1 aliphatic carbocycles. The Kier molecular flexibility index (Phi) is 6.45. The number of piperidine rings is 1. The average Bonchev–Trinajstić information content (AvgIpc) is 2.85. The van der Waals surface area contributed by atoms with Crippen LogP contribution in [0.15, 0.2) is 72.8 Å². The SMILES string of the molecule is Oc1ccc2c(c1)CC[C@H](c1ccccc1)[C@@H]2c1ccc(OCCN2CCCCC2)cc1. The minimum atomic E-state index is 0.282. The number of fused-ring (bicyclic) bond motifs is 1. The lowest BCUT2D eigenvalue weighted by molar-refractivity contribution is 0.183. The Balaban J connectivity index is 1.35. The molecule has 0 saturated carbocycles. The Hall–Kier alpha value is -2.78. The fourth-order valence-electron chi connectivity index (χ4n) is 5.52. The van der Waals surface area contributed by atoms with Crippen LogP contribution in [0.4, 0.5) is 0 Å². The fraction of sp³-hybridized carbons (Fsp3) is 0.379. The van der Waals surface area contributed by atoms with Gasteiger partial charge in [0.2, 0.25) is 0 Å². The molecule has 3 nitrogen and oxygen atoms in total. The smallest absolute Gasteiger partial charge is 0.119 e. The molecular weight excluding hydrogens is 394 g/mol. The molecular formula is C29H33NO2. The molecule has 0 radical (unpaired) electrons. The van der Waals surface area contributed by atoms with Crippen LogP contribution in [-0.4, -0.2) is 36.2 Å². The third kappa shape index (κ3) is 4.68. The number of benzene rings is 3. The van der Waals surface area contributed by atoms with Crippen molar-refractivity contribution in [2.75, 3.05) is 26.2 Å². The Bertz CT molecular complexity index is 1010. The molecule has 1 saturated heterocycles. The molecule has 3 aromatic rings. The number of nitrogens with zero attached hydrogens (tertiary/aromatic N) is 1. The van der Waals surface area contributed by atoms with E-state index in [1.807, 2.05) is 12.1 Å². The number of aryl methyl sites for hydroxylation is 1. The van der Waals surface area contributed by atoms with Crippen molar-refractivity contribution in [1.82, 2.24) is 4.90 Å². The summed E-state index contributed by atoms with van der Waals surface area (Å²) in [5.74, 6) is 2.02. The van der Waals surface area contributed by atoms with Crippen molar-refractivity contribution in [3.8, 4) is 11.5 Å². The van der Waals surface area contributed by atoms with Crippen molar-refractivity contribution in [2.45, 2.75) is 43.9 Å². The summed E-state index contributed by atoms with van der Waals surface area (Å²) in [6.45, 7) is 4.18. The molecule has 2 atom stereocenters. The summed E-state index contributed by atoms with van der Waals surface area (Å²) >= 11 is 0. The molecule has 1 heterocycles. The van der Waals surface area contributed by atoms with Crippen LogP contribution in [0.2, 0.25) is 0 Å². The van der Waals surface area contributed by atoms with E-state index in [-0.39, 0.29) is 5.92 Å². The van der Waals surface area contributed by atoms with E-state index in [1.165, 1.54) is 54.6 Å². The van der Waals surface area contributed by atoms with E-state index in [0.29, 0.717) is 11.7 Å². The summed E-state index contributed by atoms with van der Waals surface area (Å²) in [5, 5.41) is 10.0. The summed E-state index contributed by atoms with van der Waals surface area (Å²) in [6.07, 6.45) is 6.08. The van der Waals surface area contributed by atoms with Gasteiger partial charge in [0.1, 0.15) is 18.1 Å². The molecule has 1 aliphatic heterocycles. The van der Waals surface area contributed by atoms with Gasteiger partial charge in [-0.05, 0) is 91.2 Å². The molecule has 0 bridgehead atoms. The summed E-state index contributed by atoms with van der Waals surface area (Å²) in [4.78, 5) is 2.51. The maximum absolute atomic E-state index is 10.0. The van der Waals surface area contributed by atoms with Gasteiger partial charge in [-0.15, -0.1) is 0 Å². The first-order valence-corrected chi connectivity index (χ1v) is 12.1. The Morgan fingerprint density at radius 2 is 1.62 bits per heavy atom. The van der Waals surface area contributed by atoms with Crippen molar-refractivity contribution in [3.05, 3.63) is 95.1 Å². The van der Waals surface area contributed by atoms with Crippen LogP contribution >= 0.6 is 0 Å². The third-order valence-electron chi connectivity index (χ3n) is 7.18. The van der Waals surface area contributed by atoms with E-state index < -0.39 is 0 Å². The van der Waals surface area contributed by atoms with Crippen LogP contribution in [0.3, 0.4) is 0 Å². The Labute approximate surface area is 191 Å². The van der Waals surface area contributed by atoms with Gasteiger partial charge in [-0.25, -0.2) is 0 Å². The second-order valence-electron chi connectivity index (χ2n) is 9.24. The van der Waals surface area contributed by atoms with E-state index >= 15 is 0 Å². The molecule has 1 fully saturated rings. The Morgan fingerprint density at radius 3 is 2.41 bits per heavy atom. The number of hydrogen-bond acceptors (Lipinski definition) is 3. The fourth-order valence-corrected chi connectivity index (χ4v) is 5.52. The molecule has 5 rings (SSSR count). The van der Waals surface area contributed by atoms with E-state index in [4.69, 9.17) is 4.74 Å². The molecule has 32 heavy (non-hydrogen) atoms. The molecule has 2 aliphatic rings. The number of hydrogen-bond donors (Lipinski definition) is 1.